The second-order valence-electron chi connectivity index (χ2n) is 5.10. The third-order valence-electron chi connectivity index (χ3n) is 3.29. The van der Waals surface area contributed by atoms with Crippen molar-refractivity contribution in [1.82, 2.24) is 5.48 Å². The molecule has 2 aromatic carbocycles. The summed E-state index contributed by atoms with van der Waals surface area (Å²) in [6.07, 6.45) is -1.00. The molecule has 0 aliphatic rings. The fourth-order valence-corrected chi connectivity index (χ4v) is 2.13. The number of nitrogens with two attached hydrogens (primary N) is 1. The molecule has 6 nitrogen and oxygen atoms in total. The lowest BCUT2D eigenvalue weighted by molar-refractivity contribution is 0.00265. The zero-order valence-corrected chi connectivity index (χ0v) is 13.3. The number of nitrogens with one attached hydrogen (secondary N) is 1. The number of carbonyl (C=O) groups excluding carboxylic acids is 2. The largest absolute Gasteiger partial charge is 0.448 e. The number of hydrogen-bond donors (Lipinski definition) is 2. The van der Waals surface area contributed by atoms with Gasteiger partial charge in [-0.25, -0.2) is 14.0 Å². The van der Waals surface area contributed by atoms with Gasteiger partial charge in [0, 0.05) is 0 Å². The summed E-state index contributed by atoms with van der Waals surface area (Å²) in [6.45, 7) is -0.0611. The van der Waals surface area contributed by atoms with E-state index in [1.807, 2.05) is 30.3 Å². The number of hydrogen-bond acceptors (Lipinski definition) is 5. The monoisotopic (exact) mass is 344 g/mol. The maximum Gasteiger partial charge on any atom is 0.404 e. The van der Waals surface area contributed by atoms with Crippen LogP contribution in [0.25, 0.3) is 5.57 Å². The summed E-state index contributed by atoms with van der Waals surface area (Å²) in [5.74, 6) is 1.23. The highest BCUT2D eigenvalue weighted by Gasteiger charge is 2.20. The van der Waals surface area contributed by atoms with E-state index < -0.39 is 18.0 Å². The maximum atomic E-state index is 13.4. The first-order valence-electron chi connectivity index (χ1n) is 7.44. The van der Waals surface area contributed by atoms with Gasteiger partial charge < -0.3 is 10.5 Å². The van der Waals surface area contributed by atoms with Crippen molar-refractivity contribution in [2.45, 2.75) is 12.6 Å². The summed E-state index contributed by atoms with van der Waals surface area (Å²) in [5, 5.41) is 0. The lowest BCUT2D eigenvalue weighted by atomic mass is 10.0. The molecule has 0 aliphatic carbocycles. The van der Waals surface area contributed by atoms with Crippen LogP contribution in [-0.2, 0) is 21.0 Å². The van der Waals surface area contributed by atoms with Crippen molar-refractivity contribution in [3.05, 3.63) is 71.5 Å². The Morgan fingerprint density at radius 2 is 1.96 bits per heavy atom. The Balaban J connectivity index is 2.10. The Morgan fingerprint density at radius 3 is 2.60 bits per heavy atom. The van der Waals surface area contributed by atoms with Crippen molar-refractivity contribution in [3.8, 4) is 0 Å². The van der Waals surface area contributed by atoms with Crippen LogP contribution in [0.2, 0.25) is 0 Å². The normalized spacial score (nSPS) is 11.4. The number of benzene rings is 2. The molecular formula is C18H17FN2O4. The number of ether oxygens (including phenoxy) is 1. The molecule has 0 fully saturated rings. The molecule has 0 aliphatic heterocycles. The Kier molecular flexibility index (Phi) is 6.86. The van der Waals surface area contributed by atoms with E-state index in [4.69, 9.17) is 15.3 Å². The summed E-state index contributed by atoms with van der Waals surface area (Å²) in [5.41, 5.74) is 8.85. The van der Waals surface area contributed by atoms with Crippen molar-refractivity contribution < 1.29 is 23.6 Å². The van der Waals surface area contributed by atoms with Gasteiger partial charge in [0.1, 0.15) is 24.4 Å². The van der Waals surface area contributed by atoms with Crippen LogP contribution in [0.15, 0.2) is 54.6 Å². The number of rotatable bonds is 8. The third kappa shape index (κ3) is 5.86. The van der Waals surface area contributed by atoms with Crippen molar-refractivity contribution in [2.24, 2.45) is 5.73 Å². The highest BCUT2D eigenvalue weighted by Crippen LogP contribution is 2.17. The molecule has 0 radical (unpaired) electrons. The lowest BCUT2D eigenvalue weighted by Crippen LogP contribution is -2.36. The van der Waals surface area contributed by atoms with Gasteiger partial charge in [-0.1, -0.05) is 42.5 Å². The van der Waals surface area contributed by atoms with Gasteiger partial charge in [-0.15, -0.1) is 0 Å². The van der Waals surface area contributed by atoms with E-state index in [0.29, 0.717) is 5.56 Å². The third-order valence-corrected chi connectivity index (χ3v) is 3.29. The molecule has 3 N–H and O–H groups in total. The number of hydroxylamine groups is 1. The summed E-state index contributed by atoms with van der Waals surface area (Å²) in [4.78, 5) is 27.6. The number of carbonyl (C=O) groups is 1. The number of amides is 1. The Bertz CT molecular complexity index is 761. The first-order valence-corrected chi connectivity index (χ1v) is 7.44. The van der Waals surface area contributed by atoms with Crippen LogP contribution in [0.1, 0.15) is 11.1 Å². The Morgan fingerprint density at radius 1 is 1.20 bits per heavy atom. The first-order chi connectivity index (χ1) is 12.1. The van der Waals surface area contributed by atoms with E-state index in [1.54, 1.807) is 12.0 Å². The van der Waals surface area contributed by atoms with Gasteiger partial charge >= 0.3 is 6.09 Å². The van der Waals surface area contributed by atoms with Crippen molar-refractivity contribution in [1.29, 1.82) is 0 Å². The zero-order chi connectivity index (χ0) is 18.1. The lowest BCUT2D eigenvalue weighted by Gasteiger charge is -2.19. The van der Waals surface area contributed by atoms with Crippen LogP contribution in [0, 0.1) is 5.82 Å². The minimum Gasteiger partial charge on any atom is -0.448 e. The van der Waals surface area contributed by atoms with Gasteiger partial charge in [0.05, 0.1) is 12.2 Å². The molecule has 2 rings (SSSR count). The van der Waals surface area contributed by atoms with E-state index in [1.165, 1.54) is 18.2 Å². The molecule has 130 valence electrons. The number of halogens is 1. The molecular weight excluding hydrogens is 327 g/mol. The van der Waals surface area contributed by atoms with Crippen LogP contribution >= 0.6 is 0 Å². The smallest absolute Gasteiger partial charge is 0.404 e. The fraction of sp³-hybridized carbons (Fsp3) is 0.167. The van der Waals surface area contributed by atoms with E-state index in [0.717, 1.165) is 5.56 Å². The van der Waals surface area contributed by atoms with Crippen LogP contribution in [-0.4, -0.2) is 24.7 Å². The molecule has 7 heteroatoms. The predicted octanol–water partition coefficient (Wildman–Crippen LogP) is 2.23. The SMILES string of the molecule is NC(=O)OC[C@@H](NOCc1ccccc1)C(=C=O)c1cccc(F)c1. The van der Waals surface area contributed by atoms with Gasteiger partial charge in [-0.05, 0) is 23.3 Å². The fourth-order valence-electron chi connectivity index (χ4n) is 2.13. The topological polar surface area (TPSA) is 90.7 Å². The van der Waals surface area contributed by atoms with Crippen molar-refractivity contribution >= 4 is 17.6 Å². The summed E-state index contributed by atoms with van der Waals surface area (Å²) in [7, 11) is 0. The Labute approximate surface area is 144 Å². The van der Waals surface area contributed by atoms with Gasteiger partial charge in [0.2, 0.25) is 0 Å². The Hall–Kier alpha value is -2.99. The van der Waals surface area contributed by atoms with Gasteiger partial charge in [-0.3, -0.25) is 4.84 Å². The van der Waals surface area contributed by atoms with Gasteiger partial charge in [0.25, 0.3) is 0 Å². The van der Waals surface area contributed by atoms with Crippen LogP contribution in [0.3, 0.4) is 0 Å². The van der Waals surface area contributed by atoms with E-state index in [2.05, 4.69) is 5.48 Å². The molecule has 0 saturated carbocycles. The molecule has 0 spiro atoms. The van der Waals surface area contributed by atoms with Crippen molar-refractivity contribution in [3.63, 3.8) is 0 Å². The molecule has 1 atom stereocenters. The van der Waals surface area contributed by atoms with Gasteiger partial charge in [0.15, 0.2) is 0 Å². The summed E-state index contributed by atoms with van der Waals surface area (Å²) in [6, 6.07) is 13.9. The first kappa shape index (κ1) is 18.4. The molecule has 1 amide bonds. The molecule has 0 unspecified atom stereocenters. The average Bonchev–Trinajstić information content (AvgIpc) is 2.60. The standard InChI is InChI=1S/C18H17FN2O4/c19-15-8-4-7-14(9-15)16(10-22)17(12-24-18(20)23)21-25-11-13-5-2-1-3-6-13/h1-9,17,21H,11-12H2,(H2,20,23)/t17-/m1/s1. The number of primary amides is 1. The molecule has 0 aromatic heterocycles. The van der Waals surface area contributed by atoms with Crippen LogP contribution < -0.4 is 11.2 Å². The second kappa shape index (κ2) is 9.34. The van der Waals surface area contributed by atoms with Crippen LogP contribution in [0.5, 0.6) is 0 Å². The second-order valence-corrected chi connectivity index (χ2v) is 5.10. The maximum absolute atomic E-state index is 13.4. The van der Waals surface area contributed by atoms with E-state index in [-0.39, 0.29) is 18.8 Å². The predicted molar refractivity (Wildman–Crippen MR) is 89.2 cm³/mol. The minimum absolute atomic E-state index is 0.0498. The average molecular weight is 344 g/mol. The zero-order valence-electron chi connectivity index (χ0n) is 13.3. The minimum atomic E-state index is -1.00. The van der Waals surface area contributed by atoms with Crippen LogP contribution in [0.4, 0.5) is 9.18 Å². The van der Waals surface area contributed by atoms with Crippen molar-refractivity contribution in [2.75, 3.05) is 6.61 Å². The molecule has 0 bridgehead atoms. The highest BCUT2D eigenvalue weighted by molar-refractivity contribution is 5.90. The molecule has 0 heterocycles. The molecule has 25 heavy (non-hydrogen) atoms. The van der Waals surface area contributed by atoms with E-state index >= 15 is 0 Å². The molecule has 2 aromatic rings. The quantitative estimate of drug-likeness (QED) is 0.566. The van der Waals surface area contributed by atoms with E-state index in [9.17, 15) is 14.0 Å². The molecule has 0 saturated heterocycles. The highest BCUT2D eigenvalue weighted by atomic mass is 19.1. The summed E-state index contributed by atoms with van der Waals surface area (Å²) >= 11 is 0. The summed E-state index contributed by atoms with van der Waals surface area (Å²) < 4.78 is 18.2. The van der Waals surface area contributed by atoms with Gasteiger partial charge in [-0.2, -0.15) is 5.48 Å².